The van der Waals surface area contributed by atoms with E-state index >= 15 is 0 Å². The fourth-order valence-electron chi connectivity index (χ4n) is 3.04. The van der Waals surface area contributed by atoms with Crippen molar-refractivity contribution in [3.8, 4) is 0 Å². The van der Waals surface area contributed by atoms with Crippen molar-refractivity contribution in [1.29, 1.82) is 0 Å². The lowest BCUT2D eigenvalue weighted by Gasteiger charge is -2.24. The SMILES string of the molecule is C=CCNC(=O)C1CCCN1C(=O)c1ccc(NC(=O)c2cccs2)cc1. The number of anilines is 1. The third-order valence-electron chi connectivity index (χ3n) is 4.37. The highest BCUT2D eigenvalue weighted by atomic mass is 32.1. The number of nitrogens with one attached hydrogen (secondary N) is 2. The van der Waals surface area contributed by atoms with Gasteiger partial charge in [0.1, 0.15) is 6.04 Å². The molecule has 1 aliphatic heterocycles. The highest BCUT2D eigenvalue weighted by molar-refractivity contribution is 7.12. The van der Waals surface area contributed by atoms with Gasteiger partial charge in [0.2, 0.25) is 5.91 Å². The van der Waals surface area contributed by atoms with E-state index in [1.54, 1.807) is 41.3 Å². The fraction of sp³-hybridized carbons (Fsp3) is 0.250. The summed E-state index contributed by atoms with van der Waals surface area (Å²) in [5.74, 6) is -0.509. The van der Waals surface area contributed by atoms with Crippen molar-refractivity contribution >= 4 is 34.7 Å². The Morgan fingerprint density at radius 3 is 2.67 bits per heavy atom. The van der Waals surface area contributed by atoms with Crippen LogP contribution in [0.5, 0.6) is 0 Å². The van der Waals surface area contributed by atoms with E-state index in [4.69, 9.17) is 0 Å². The summed E-state index contributed by atoms with van der Waals surface area (Å²) in [6, 6.07) is 9.85. The largest absolute Gasteiger partial charge is 0.351 e. The first kappa shape index (κ1) is 18.8. The molecule has 140 valence electrons. The molecule has 1 saturated heterocycles. The molecule has 3 amide bonds. The Bertz CT molecular complexity index is 831. The molecular weight excluding hydrogens is 362 g/mol. The monoisotopic (exact) mass is 383 g/mol. The molecule has 1 aromatic heterocycles. The smallest absolute Gasteiger partial charge is 0.265 e. The van der Waals surface area contributed by atoms with E-state index in [9.17, 15) is 14.4 Å². The van der Waals surface area contributed by atoms with Crippen molar-refractivity contribution in [3.63, 3.8) is 0 Å². The van der Waals surface area contributed by atoms with Crippen molar-refractivity contribution in [3.05, 3.63) is 64.9 Å². The first-order valence-corrected chi connectivity index (χ1v) is 9.62. The fourth-order valence-corrected chi connectivity index (χ4v) is 3.65. The zero-order valence-corrected chi connectivity index (χ0v) is 15.6. The van der Waals surface area contributed by atoms with Crippen LogP contribution in [0, 0.1) is 0 Å². The molecule has 0 bridgehead atoms. The van der Waals surface area contributed by atoms with Gasteiger partial charge < -0.3 is 15.5 Å². The average molecular weight is 383 g/mol. The number of hydrogen-bond acceptors (Lipinski definition) is 4. The van der Waals surface area contributed by atoms with Crippen LogP contribution in [0.2, 0.25) is 0 Å². The van der Waals surface area contributed by atoms with Gasteiger partial charge in [-0.3, -0.25) is 14.4 Å². The van der Waals surface area contributed by atoms with Crippen LogP contribution in [0.4, 0.5) is 5.69 Å². The molecule has 27 heavy (non-hydrogen) atoms. The van der Waals surface area contributed by atoms with Crippen LogP contribution < -0.4 is 10.6 Å². The number of rotatable bonds is 6. The van der Waals surface area contributed by atoms with Crippen LogP contribution in [0.3, 0.4) is 0 Å². The lowest BCUT2D eigenvalue weighted by atomic mass is 10.1. The predicted octanol–water partition coefficient (Wildman–Crippen LogP) is 2.91. The standard InChI is InChI=1S/C20H21N3O3S/c1-2-11-21-18(24)16-5-3-12-23(16)20(26)14-7-9-15(10-8-14)22-19(25)17-6-4-13-27-17/h2,4,6-10,13,16H,1,3,5,11-12H2,(H,21,24)(H,22,25). The van der Waals surface area contributed by atoms with Crippen molar-refractivity contribution in [1.82, 2.24) is 10.2 Å². The summed E-state index contributed by atoms with van der Waals surface area (Å²) in [6.45, 7) is 4.52. The Kier molecular flexibility index (Phi) is 6.03. The number of thiophene rings is 1. The topological polar surface area (TPSA) is 78.5 Å². The van der Waals surface area contributed by atoms with Crippen LogP contribution in [0.15, 0.2) is 54.4 Å². The molecule has 2 aromatic rings. The molecule has 1 atom stereocenters. The van der Waals surface area contributed by atoms with E-state index in [2.05, 4.69) is 17.2 Å². The first-order valence-electron chi connectivity index (χ1n) is 8.74. The molecule has 0 spiro atoms. The van der Waals surface area contributed by atoms with Crippen molar-refractivity contribution in [2.45, 2.75) is 18.9 Å². The second-order valence-corrected chi connectivity index (χ2v) is 7.15. The molecule has 7 heteroatoms. The first-order chi connectivity index (χ1) is 13.1. The molecule has 0 aliphatic carbocycles. The minimum absolute atomic E-state index is 0.152. The molecule has 3 rings (SSSR count). The minimum atomic E-state index is -0.448. The number of carbonyl (C=O) groups excluding carboxylic acids is 3. The van der Waals surface area contributed by atoms with E-state index in [0.717, 1.165) is 6.42 Å². The zero-order chi connectivity index (χ0) is 19.2. The van der Waals surface area contributed by atoms with Crippen LogP contribution in [0.1, 0.15) is 32.9 Å². The van der Waals surface area contributed by atoms with Crippen LogP contribution in [-0.4, -0.2) is 41.8 Å². The van der Waals surface area contributed by atoms with Gasteiger partial charge in [0, 0.05) is 24.3 Å². The second kappa shape index (κ2) is 8.64. The van der Waals surface area contributed by atoms with Crippen molar-refractivity contribution in [2.75, 3.05) is 18.4 Å². The molecule has 2 heterocycles. The second-order valence-electron chi connectivity index (χ2n) is 6.20. The van der Waals surface area contributed by atoms with Gasteiger partial charge in [0.05, 0.1) is 4.88 Å². The lowest BCUT2D eigenvalue weighted by Crippen LogP contribution is -2.46. The van der Waals surface area contributed by atoms with Gasteiger partial charge in [-0.2, -0.15) is 0 Å². The van der Waals surface area contributed by atoms with E-state index in [-0.39, 0.29) is 17.7 Å². The van der Waals surface area contributed by atoms with Gasteiger partial charge in [0.15, 0.2) is 0 Å². The average Bonchev–Trinajstić information content (AvgIpc) is 3.38. The molecule has 2 N–H and O–H groups in total. The summed E-state index contributed by atoms with van der Waals surface area (Å²) >= 11 is 1.37. The van der Waals surface area contributed by atoms with E-state index < -0.39 is 6.04 Å². The molecule has 1 aliphatic rings. The maximum absolute atomic E-state index is 12.8. The van der Waals surface area contributed by atoms with Crippen LogP contribution >= 0.6 is 11.3 Å². The number of benzene rings is 1. The number of carbonyl (C=O) groups is 3. The number of amides is 3. The quantitative estimate of drug-likeness (QED) is 0.753. The van der Waals surface area contributed by atoms with Gasteiger partial charge in [-0.25, -0.2) is 0 Å². The Balaban J connectivity index is 1.65. The maximum Gasteiger partial charge on any atom is 0.265 e. The number of likely N-dealkylation sites (tertiary alicyclic amines) is 1. The van der Waals surface area contributed by atoms with Crippen LogP contribution in [-0.2, 0) is 4.79 Å². The molecule has 1 fully saturated rings. The minimum Gasteiger partial charge on any atom is -0.351 e. The van der Waals surface area contributed by atoms with Gasteiger partial charge in [-0.15, -0.1) is 17.9 Å². The predicted molar refractivity (Wildman–Crippen MR) is 106 cm³/mol. The Hall–Kier alpha value is -2.93. The third-order valence-corrected chi connectivity index (χ3v) is 5.24. The third kappa shape index (κ3) is 4.43. The summed E-state index contributed by atoms with van der Waals surface area (Å²) in [5.41, 5.74) is 1.11. The summed E-state index contributed by atoms with van der Waals surface area (Å²) < 4.78 is 0. The molecule has 0 saturated carbocycles. The summed E-state index contributed by atoms with van der Waals surface area (Å²) in [5, 5.41) is 7.40. The van der Waals surface area contributed by atoms with E-state index in [0.29, 0.717) is 35.6 Å². The highest BCUT2D eigenvalue weighted by Crippen LogP contribution is 2.21. The summed E-state index contributed by atoms with van der Waals surface area (Å²) in [4.78, 5) is 39.3. The van der Waals surface area contributed by atoms with Gasteiger partial charge in [-0.05, 0) is 48.6 Å². The van der Waals surface area contributed by atoms with E-state index in [1.807, 2.05) is 11.4 Å². The summed E-state index contributed by atoms with van der Waals surface area (Å²) in [6.07, 6.45) is 3.07. The summed E-state index contributed by atoms with van der Waals surface area (Å²) in [7, 11) is 0. The van der Waals surface area contributed by atoms with Gasteiger partial charge >= 0.3 is 0 Å². The Morgan fingerprint density at radius 2 is 2.00 bits per heavy atom. The molecular formula is C20H21N3O3S. The van der Waals surface area contributed by atoms with Crippen molar-refractivity contribution < 1.29 is 14.4 Å². The number of nitrogens with zero attached hydrogens (tertiary/aromatic N) is 1. The molecule has 1 unspecified atom stereocenters. The van der Waals surface area contributed by atoms with Crippen molar-refractivity contribution in [2.24, 2.45) is 0 Å². The van der Waals surface area contributed by atoms with Gasteiger partial charge in [0.25, 0.3) is 11.8 Å². The maximum atomic E-state index is 12.8. The van der Waals surface area contributed by atoms with Gasteiger partial charge in [-0.1, -0.05) is 12.1 Å². The normalized spacial score (nSPS) is 16.0. The Labute approximate surface area is 161 Å². The Morgan fingerprint density at radius 1 is 1.22 bits per heavy atom. The lowest BCUT2D eigenvalue weighted by molar-refractivity contribution is -0.124. The highest BCUT2D eigenvalue weighted by Gasteiger charge is 2.34. The molecule has 0 radical (unpaired) electrons. The molecule has 6 nitrogen and oxygen atoms in total. The van der Waals surface area contributed by atoms with E-state index in [1.165, 1.54) is 11.3 Å². The van der Waals surface area contributed by atoms with Crippen LogP contribution in [0.25, 0.3) is 0 Å². The molecule has 1 aromatic carbocycles. The number of hydrogen-bond donors (Lipinski definition) is 2. The zero-order valence-electron chi connectivity index (χ0n) is 14.8.